The normalized spacial score (nSPS) is 16.9. The number of likely N-dealkylation sites (N-methyl/N-ethyl adjacent to an activating group) is 1. The van der Waals surface area contributed by atoms with Crippen molar-refractivity contribution >= 4 is 0 Å². The van der Waals surface area contributed by atoms with E-state index < -0.39 is 0 Å². The summed E-state index contributed by atoms with van der Waals surface area (Å²) in [5.74, 6) is 0. The Balaban J connectivity index is 2.31. The smallest absolute Gasteiger partial charge is 0.0876 e. The fourth-order valence-electron chi connectivity index (χ4n) is 2.64. The number of benzene rings is 1. The number of hydrogen-bond acceptors (Lipinski definition) is 2. The SMILES string of the molecule is CCNC(C1=COCCC1)c1cc(C)cc(C)c1. The Labute approximate surface area is 110 Å². The largest absolute Gasteiger partial charge is 0.501 e. The Morgan fingerprint density at radius 3 is 2.50 bits per heavy atom. The number of ether oxygens (including phenoxy) is 1. The van der Waals surface area contributed by atoms with Gasteiger partial charge in [-0.3, -0.25) is 0 Å². The first-order valence-corrected chi connectivity index (χ1v) is 6.83. The van der Waals surface area contributed by atoms with Gasteiger partial charge in [0, 0.05) is 0 Å². The monoisotopic (exact) mass is 245 g/mol. The van der Waals surface area contributed by atoms with Crippen LogP contribution in [0.25, 0.3) is 0 Å². The lowest BCUT2D eigenvalue weighted by atomic mass is 9.93. The van der Waals surface area contributed by atoms with Crippen molar-refractivity contribution in [1.82, 2.24) is 5.32 Å². The molecule has 1 aliphatic rings. The summed E-state index contributed by atoms with van der Waals surface area (Å²) in [6.45, 7) is 8.29. The van der Waals surface area contributed by atoms with Crippen LogP contribution in [0.3, 0.4) is 0 Å². The lowest BCUT2D eigenvalue weighted by molar-refractivity contribution is 0.219. The molecular formula is C16H23NO. The second-order valence-electron chi connectivity index (χ2n) is 5.08. The fourth-order valence-corrected chi connectivity index (χ4v) is 2.64. The Hall–Kier alpha value is -1.28. The van der Waals surface area contributed by atoms with Gasteiger partial charge in [0.2, 0.25) is 0 Å². The fraction of sp³-hybridized carbons (Fsp3) is 0.500. The van der Waals surface area contributed by atoms with Crippen LogP contribution in [-0.2, 0) is 4.74 Å². The van der Waals surface area contributed by atoms with Crippen LogP contribution in [0.1, 0.15) is 42.5 Å². The maximum Gasteiger partial charge on any atom is 0.0876 e. The quantitative estimate of drug-likeness (QED) is 0.874. The molecule has 0 fully saturated rings. The highest BCUT2D eigenvalue weighted by Gasteiger charge is 2.18. The Morgan fingerprint density at radius 2 is 1.94 bits per heavy atom. The summed E-state index contributed by atoms with van der Waals surface area (Å²) in [6, 6.07) is 7.07. The van der Waals surface area contributed by atoms with Gasteiger partial charge < -0.3 is 10.1 Å². The molecular weight excluding hydrogens is 222 g/mol. The van der Waals surface area contributed by atoms with Crippen LogP contribution in [0, 0.1) is 13.8 Å². The minimum Gasteiger partial charge on any atom is -0.501 e. The molecule has 1 aliphatic heterocycles. The summed E-state index contributed by atoms with van der Waals surface area (Å²) < 4.78 is 5.49. The molecule has 1 aromatic rings. The second-order valence-corrected chi connectivity index (χ2v) is 5.08. The maximum atomic E-state index is 5.49. The first-order valence-electron chi connectivity index (χ1n) is 6.83. The first-order chi connectivity index (χ1) is 8.70. The van der Waals surface area contributed by atoms with E-state index in [2.05, 4.69) is 44.3 Å². The van der Waals surface area contributed by atoms with Gasteiger partial charge in [-0.05, 0) is 44.4 Å². The molecule has 0 amide bonds. The molecule has 18 heavy (non-hydrogen) atoms. The van der Waals surface area contributed by atoms with Crippen LogP contribution >= 0.6 is 0 Å². The summed E-state index contributed by atoms with van der Waals surface area (Å²) in [4.78, 5) is 0. The molecule has 0 aliphatic carbocycles. The standard InChI is InChI=1S/C16H23NO/c1-4-17-16(14-6-5-7-18-11-14)15-9-12(2)8-13(3)10-15/h8-11,16-17H,4-7H2,1-3H3. The summed E-state index contributed by atoms with van der Waals surface area (Å²) in [7, 11) is 0. The zero-order valence-corrected chi connectivity index (χ0v) is 11.6. The molecule has 1 heterocycles. The van der Waals surface area contributed by atoms with E-state index in [4.69, 9.17) is 4.74 Å². The van der Waals surface area contributed by atoms with Crippen molar-refractivity contribution in [2.24, 2.45) is 0 Å². The highest BCUT2D eigenvalue weighted by Crippen LogP contribution is 2.28. The minimum atomic E-state index is 0.300. The van der Waals surface area contributed by atoms with Crippen molar-refractivity contribution in [3.8, 4) is 0 Å². The predicted octanol–water partition coefficient (Wildman–Crippen LogP) is 3.65. The molecule has 1 N–H and O–H groups in total. The molecule has 1 aromatic carbocycles. The van der Waals surface area contributed by atoms with E-state index in [1.807, 2.05) is 6.26 Å². The zero-order valence-electron chi connectivity index (χ0n) is 11.6. The molecule has 0 saturated carbocycles. The topological polar surface area (TPSA) is 21.3 Å². The summed E-state index contributed by atoms with van der Waals surface area (Å²) >= 11 is 0. The third-order valence-corrected chi connectivity index (χ3v) is 3.32. The minimum absolute atomic E-state index is 0.300. The predicted molar refractivity (Wildman–Crippen MR) is 75.6 cm³/mol. The van der Waals surface area contributed by atoms with Gasteiger partial charge in [0.05, 0.1) is 18.9 Å². The molecule has 98 valence electrons. The van der Waals surface area contributed by atoms with Crippen molar-refractivity contribution in [2.45, 2.75) is 39.7 Å². The molecule has 0 bridgehead atoms. The van der Waals surface area contributed by atoms with Crippen molar-refractivity contribution in [3.63, 3.8) is 0 Å². The number of nitrogens with one attached hydrogen (secondary N) is 1. The third kappa shape index (κ3) is 3.14. The van der Waals surface area contributed by atoms with Crippen molar-refractivity contribution in [3.05, 3.63) is 46.7 Å². The molecule has 1 atom stereocenters. The van der Waals surface area contributed by atoms with Crippen LogP contribution in [0.15, 0.2) is 30.0 Å². The lowest BCUT2D eigenvalue weighted by Gasteiger charge is -2.25. The van der Waals surface area contributed by atoms with Crippen LogP contribution in [0.5, 0.6) is 0 Å². The molecule has 0 radical (unpaired) electrons. The van der Waals surface area contributed by atoms with Gasteiger partial charge in [0.25, 0.3) is 0 Å². The van der Waals surface area contributed by atoms with Gasteiger partial charge in [-0.2, -0.15) is 0 Å². The van der Waals surface area contributed by atoms with Crippen LogP contribution < -0.4 is 5.32 Å². The average Bonchev–Trinajstić information content (AvgIpc) is 2.36. The van der Waals surface area contributed by atoms with Gasteiger partial charge in [0.1, 0.15) is 0 Å². The zero-order chi connectivity index (χ0) is 13.0. The van der Waals surface area contributed by atoms with Crippen molar-refractivity contribution < 1.29 is 4.74 Å². The van der Waals surface area contributed by atoms with Crippen LogP contribution in [0.2, 0.25) is 0 Å². The summed E-state index contributed by atoms with van der Waals surface area (Å²) in [5, 5.41) is 3.57. The van der Waals surface area contributed by atoms with Gasteiger partial charge in [-0.1, -0.05) is 36.2 Å². The molecule has 1 unspecified atom stereocenters. The molecule has 2 heteroatoms. The van der Waals surface area contributed by atoms with Gasteiger partial charge in [0.15, 0.2) is 0 Å². The molecule has 0 aromatic heterocycles. The van der Waals surface area contributed by atoms with E-state index in [0.29, 0.717) is 6.04 Å². The van der Waals surface area contributed by atoms with Crippen LogP contribution in [0.4, 0.5) is 0 Å². The number of aryl methyl sites for hydroxylation is 2. The average molecular weight is 245 g/mol. The highest BCUT2D eigenvalue weighted by atomic mass is 16.5. The van der Waals surface area contributed by atoms with E-state index >= 15 is 0 Å². The Bertz CT molecular complexity index is 416. The molecule has 0 saturated heterocycles. The second kappa shape index (κ2) is 6.05. The van der Waals surface area contributed by atoms with Gasteiger partial charge in [-0.15, -0.1) is 0 Å². The molecule has 0 spiro atoms. The molecule has 2 nitrogen and oxygen atoms in total. The Morgan fingerprint density at radius 1 is 1.22 bits per heavy atom. The van der Waals surface area contributed by atoms with Gasteiger partial charge in [-0.25, -0.2) is 0 Å². The maximum absolute atomic E-state index is 5.49. The van der Waals surface area contributed by atoms with E-state index in [-0.39, 0.29) is 0 Å². The number of rotatable bonds is 4. The summed E-state index contributed by atoms with van der Waals surface area (Å²) in [5.41, 5.74) is 5.37. The van der Waals surface area contributed by atoms with Crippen LogP contribution in [-0.4, -0.2) is 13.2 Å². The van der Waals surface area contributed by atoms with Crippen molar-refractivity contribution in [2.75, 3.05) is 13.2 Å². The van der Waals surface area contributed by atoms with E-state index in [0.717, 1.165) is 26.0 Å². The van der Waals surface area contributed by atoms with E-state index in [9.17, 15) is 0 Å². The highest BCUT2D eigenvalue weighted by molar-refractivity contribution is 5.35. The van der Waals surface area contributed by atoms with E-state index in [1.165, 1.54) is 22.3 Å². The number of hydrogen-bond donors (Lipinski definition) is 1. The van der Waals surface area contributed by atoms with Gasteiger partial charge >= 0.3 is 0 Å². The van der Waals surface area contributed by atoms with Crippen molar-refractivity contribution in [1.29, 1.82) is 0 Å². The molecule has 2 rings (SSSR count). The van der Waals surface area contributed by atoms with E-state index in [1.54, 1.807) is 0 Å². The summed E-state index contributed by atoms with van der Waals surface area (Å²) in [6.07, 6.45) is 4.21. The third-order valence-electron chi connectivity index (χ3n) is 3.32. The Kier molecular flexibility index (Phi) is 4.43. The first kappa shape index (κ1) is 13.2. The lowest BCUT2D eigenvalue weighted by Crippen LogP contribution is -2.24.